The summed E-state index contributed by atoms with van der Waals surface area (Å²) < 4.78 is 0. The number of aromatic nitrogens is 2. The molecule has 0 fully saturated rings. The molecule has 0 aliphatic carbocycles. The molecule has 1 aromatic heterocycles. The van der Waals surface area contributed by atoms with Crippen LogP contribution in [0.25, 0.3) is 11.0 Å². The lowest BCUT2D eigenvalue weighted by atomic mass is 10.1. The molecule has 0 radical (unpaired) electrons. The maximum atomic E-state index is 11.0. The Kier molecular flexibility index (Phi) is 12.0. The number of nitro benzene ring substituents is 3. The minimum absolute atomic E-state index is 0.0973. The Balaban J connectivity index is 0.000000250. The summed E-state index contributed by atoms with van der Waals surface area (Å²) in [6.45, 7) is 4.71. The topological polar surface area (TPSA) is 328 Å². The molecule has 1 heterocycles. The molecular formula is C27H23N7O14. The van der Waals surface area contributed by atoms with E-state index in [1.54, 1.807) is 6.92 Å². The van der Waals surface area contributed by atoms with E-state index >= 15 is 0 Å². The quantitative estimate of drug-likeness (QED) is 0.0793. The number of benzene rings is 3. The maximum Gasteiger partial charge on any atom is 0.344 e. The Bertz CT molecular complexity index is 1980. The number of hydrogen-bond donors (Lipinski definition) is 6. The standard InChI is InChI=1S/C9H7N3O4.2C9H8N2O5/c1-4-2-5(12(15)16)6(9(13)14)8-7(4)10-3-11-8;1-5-2-8(11(15)16)6(9(13)14)3-7(5)10-4-12;1-5-2-3-6(9(13)14)8(11(15)16)7(5)10-4-12/h2-3H,1H3,(H,10,11)(H,13,14);2*2-4H,1H3,(H,10,12)(H,13,14). The molecule has 0 unspecified atom stereocenters. The smallest absolute Gasteiger partial charge is 0.344 e. The Hall–Kier alpha value is -7.32. The molecule has 0 atom stereocenters. The number of carboxylic acid groups (broad SMARTS) is 3. The number of carbonyl (C=O) groups excluding carboxylic acids is 2. The zero-order valence-corrected chi connectivity index (χ0v) is 24.7. The van der Waals surface area contributed by atoms with Gasteiger partial charge in [0, 0.05) is 17.8 Å². The van der Waals surface area contributed by atoms with E-state index in [4.69, 9.17) is 15.3 Å². The fourth-order valence-electron chi connectivity index (χ4n) is 4.15. The zero-order valence-electron chi connectivity index (χ0n) is 24.7. The number of rotatable bonds is 10. The predicted octanol–water partition coefficient (Wildman–Crippen LogP) is 3.82. The molecule has 3 aromatic carbocycles. The van der Waals surface area contributed by atoms with Crippen LogP contribution in [0.2, 0.25) is 0 Å². The Labute approximate surface area is 266 Å². The number of H-pyrrole nitrogens is 1. The number of aryl methyl sites for hydroxylation is 3. The SMILES string of the molecule is Cc1cc([N+](=O)[O-])c(C(=O)O)c2[nH]cnc12.Cc1cc([N+](=O)[O-])c(C(=O)O)cc1NC=O.Cc1ccc(C(=O)O)c([N+](=O)[O-])c1NC=O. The lowest BCUT2D eigenvalue weighted by molar-refractivity contribution is -0.385. The van der Waals surface area contributed by atoms with Crippen molar-refractivity contribution in [3.05, 3.63) is 100 Å². The monoisotopic (exact) mass is 669 g/mol. The molecule has 0 spiro atoms. The van der Waals surface area contributed by atoms with E-state index in [1.165, 1.54) is 32.3 Å². The second-order valence-electron chi connectivity index (χ2n) is 9.26. The first-order chi connectivity index (χ1) is 22.5. The molecule has 250 valence electrons. The van der Waals surface area contributed by atoms with Crippen molar-refractivity contribution < 1.29 is 54.1 Å². The highest BCUT2D eigenvalue weighted by atomic mass is 16.6. The number of aromatic amines is 1. The van der Waals surface area contributed by atoms with Crippen molar-refractivity contribution in [2.24, 2.45) is 0 Å². The summed E-state index contributed by atoms with van der Waals surface area (Å²) in [5.74, 6) is -4.18. The fraction of sp³-hybridized carbons (Fsp3) is 0.111. The third-order valence-corrected chi connectivity index (χ3v) is 6.27. The molecule has 0 saturated carbocycles. The van der Waals surface area contributed by atoms with Gasteiger partial charge in [-0.2, -0.15) is 0 Å². The van der Waals surface area contributed by atoms with Gasteiger partial charge in [-0.1, -0.05) is 6.07 Å². The predicted molar refractivity (Wildman–Crippen MR) is 163 cm³/mol. The number of carboxylic acids is 3. The molecule has 21 nitrogen and oxygen atoms in total. The van der Waals surface area contributed by atoms with Crippen molar-refractivity contribution in [3.8, 4) is 0 Å². The van der Waals surface area contributed by atoms with Crippen molar-refractivity contribution in [1.29, 1.82) is 0 Å². The van der Waals surface area contributed by atoms with Gasteiger partial charge in [0.25, 0.3) is 11.4 Å². The van der Waals surface area contributed by atoms with Crippen LogP contribution in [-0.4, -0.2) is 70.8 Å². The molecule has 4 aromatic rings. The normalized spacial score (nSPS) is 9.90. The summed E-state index contributed by atoms with van der Waals surface area (Å²) >= 11 is 0. The molecule has 0 bridgehead atoms. The number of anilines is 2. The molecule has 21 heteroatoms. The molecule has 0 aliphatic heterocycles. The van der Waals surface area contributed by atoms with Gasteiger partial charge < -0.3 is 30.9 Å². The van der Waals surface area contributed by atoms with Gasteiger partial charge in [-0.3, -0.25) is 39.9 Å². The summed E-state index contributed by atoms with van der Waals surface area (Å²) in [6, 6.07) is 5.90. The van der Waals surface area contributed by atoms with Gasteiger partial charge in [0.2, 0.25) is 12.8 Å². The first kappa shape index (κ1) is 36.9. The van der Waals surface area contributed by atoms with E-state index in [2.05, 4.69) is 20.6 Å². The van der Waals surface area contributed by atoms with Gasteiger partial charge in [-0.05, 0) is 49.6 Å². The van der Waals surface area contributed by atoms with E-state index in [0.29, 0.717) is 28.6 Å². The summed E-state index contributed by atoms with van der Waals surface area (Å²) in [5.41, 5.74) is -0.661. The number of nitrogens with zero attached hydrogens (tertiary/aromatic N) is 4. The second-order valence-corrected chi connectivity index (χ2v) is 9.26. The van der Waals surface area contributed by atoms with Crippen LogP contribution in [0.3, 0.4) is 0 Å². The number of fused-ring (bicyclic) bond motifs is 1. The average molecular weight is 670 g/mol. The molecule has 4 rings (SSSR count). The Morgan fingerprint density at radius 2 is 1.31 bits per heavy atom. The van der Waals surface area contributed by atoms with Crippen LogP contribution < -0.4 is 10.6 Å². The van der Waals surface area contributed by atoms with Crippen LogP contribution in [0.15, 0.2) is 36.7 Å². The van der Waals surface area contributed by atoms with Crippen LogP contribution in [-0.2, 0) is 9.59 Å². The number of hydrogen-bond acceptors (Lipinski definition) is 12. The summed E-state index contributed by atoms with van der Waals surface area (Å²) in [4.78, 5) is 89.4. The number of carbonyl (C=O) groups is 5. The number of nitro groups is 3. The maximum absolute atomic E-state index is 11.0. The number of nitrogens with one attached hydrogen (secondary N) is 3. The summed E-state index contributed by atoms with van der Waals surface area (Å²) in [7, 11) is 0. The molecule has 0 saturated heterocycles. The van der Waals surface area contributed by atoms with Crippen LogP contribution in [0.5, 0.6) is 0 Å². The van der Waals surface area contributed by atoms with Crippen LogP contribution in [0, 0.1) is 51.1 Å². The highest BCUT2D eigenvalue weighted by Crippen LogP contribution is 2.32. The molecule has 6 N–H and O–H groups in total. The van der Waals surface area contributed by atoms with Crippen molar-refractivity contribution in [3.63, 3.8) is 0 Å². The summed E-state index contributed by atoms with van der Waals surface area (Å²) in [5, 5.41) is 63.0. The van der Waals surface area contributed by atoms with E-state index < -0.39 is 60.9 Å². The van der Waals surface area contributed by atoms with E-state index in [9.17, 15) is 54.3 Å². The number of aromatic carboxylic acids is 3. The van der Waals surface area contributed by atoms with Crippen LogP contribution >= 0.6 is 0 Å². The lowest BCUT2D eigenvalue weighted by Crippen LogP contribution is -2.08. The van der Waals surface area contributed by atoms with Crippen molar-refractivity contribution >= 4 is 70.2 Å². The lowest BCUT2D eigenvalue weighted by Gasteiger charge is -2.06. The largest absolute Gasteiger partial charge is 0.477 e. The number of imidazole rings is 1. The van der Waals surface area contributed by atoms with E-state index in [1.807, 2.05) is 0 Å². The molecule has 0 aliphatic rings. The molecule has 48 heavy (non-hydrogen) atoms. The highest BCUT2D eigenvalue weighted by Gasteiger charge is 2.27. The Morgan fingerprint density at radius 1 is 0.750 bits per heavy atom. The minimum Gasteiger partial charge on any atom is -0.477 e. The molecule has 2 amide bonds. The van der Waals surface area contributed by atoms with E-state index in [-0.39, 0.29) is 28.9 Å². The second kappa shape index (κ2) is 15.6. The summed E-state index contributed by atoms with van der Waals surface area (Å²) in [6.07, 6.45) is 1.95. The van der Waals surface area contributed by atoms with Gasteiger partial charge in [-0.25, -0.2) is 19.4 Å². The van der Waals surface area contributed by atoms with Crippen LogP contribution in [0.1, 0.15) is 47.8 Å². The van der Waals surface area contributed by atoms with Gasteiger partial charge in [0.15, 0.2) is 5.56 Å². The highest BCUT2D eigenvalue weighted by molar-refractivity contribution is 6.05. The first-order valence-electron chi connectivity index (χ1n) is 12.8. The third-order valence-electron chi connectivity index (χ3n) is 6.27. The average Bonchev–Trinajstić information content (AvgIpc) is 3.49. The minimum atomic E-state index is -1.42. The van der Waals surface area contributed by atoms with Crippen LogP contribution in [0.4, 0.5) is 28.4 Å². The van der Waals surface area contributed by atoms with Gasteiger partial charge in [0.05, 0.1) is 32.1 Å². The Morgan fingerprint density at radius 3 is 1.79 bits per heavy atom. The molecular weight excluding hydrogens is 646 g/mol. The van der Waals surface area contributed by atoms with Crippen molar-refractivity contribution in [1.82, 2.24) is 9.97 Å². The van der Waals surface area contributed by atoms with Gasteiger partial charge in [0.1, 0.15) is 16.8 Å². The van der Waals surface area contributed by atoms with Crippen molar-refractivity contribution in [2.75, 3.05) is 10.6 Å². The van der Waals surface area contributed by atoms with Gasteiger partial charge in [-0.15, -0.1) is 0 Å². The number of amides is 2. The van der Waals surface area contributed by atoms with Crippen molar-refractivity contribution in [2.45, 2.75) is 20.8 Å². The van der Waals surface area contributed by atoms with Gasteiger partial charge >= 0.3 is 23.6 Å². The fourth-order valence-corrected chi connectivity index (χ4v) is 4.15. The zero-order chi connectivity index (χ0) is 36.5. The van der Waals surface area contributed by atoms with E-state index in [0.717, 1.165) is 18.2 Å². The third kappa shape index (κ3) is 8.23. The first-order valence-corrected chi connectivity index (χ1v) is 12.8.